The van der Waals surface area contributed by atoms with E-state index in [0.717, 1.165) is 12.8 Å². The first-order valence-corrected chi connectivity index (χ1v) is 10.4. The lowest BCUT2D eigenvalue weighted by molar-refractivity contribution is -0.129. The number of rotatable bonds is 5. The van der Waals surface area contributed by atoms with E-state index in [9.17, 15) is 18.0 Å². The fourth-order valence-corrected chi connectivity index (χ4v) is 4.66. The minimum atomic E-state index is -3.68. The van der Waals surface area contributed by atoms with Crippen molar-refractivity contribution in [2.75, 3.05) is 26.2 Å². The molecule has 1 aliphatic carbocycles. The zero-order valence-electron chi connectivity index (χ0n) is 15.1. The third-order valence-electron chi connectivity index (χ3n) is 5.11. The highest BCUT2D eigenvalue weighted by Crippen LogP contribution is 2.32. The monoisotopic (exact) mass is 379 g/mol. The first kappa shape index (κ1) is 18.8. The minimum Gasteiger partial charge on any atom is -0.349 e. The van der Waals surface area contributed by atoms with E-state index in [-0.39, 0.29) is 35.8 Å². The molecule has 1 aromatic carbocycles. The topological polar surface area (TPSA) is 86.8 Å². The number of hydrogen-bond acceptors (Lipinski definition) is 4. The van der Waals surface area contributed by atoms with Crippen molar-refractivity contribution >= 4 is 21.8 Å². The van der Waals surface area contributed by atoms with Gasteiger partial charge in [0.2, 0.25) is 15.9 Å². The highest BCUT2D eigenvalue weighted by molar-refractivity contribution is 7.89. The van der Waals surface area contributed by atoms with Crippen molar-refractivity contribution in [3.63, 3.8) is 0 Å². The van der Waals surface area contributed by atoms with E-state index in [1.165, 1.54) is 23.4 Å². The van der Waals surface area contributed by atoms with Crippen LogP contribution in [0.2, 0.25) is 0 Å². The van der Waals surface area contributed by atoms with E-state index in [1.54, 1.807) is 17.0 Å². The number of amides is 2. The van der Waals surface area contributed by atoms with Crippen molar-refractivity contribution < 1.29 is 18.0 Å². The van der Waals surface area contributed by atoms with Gasteiger partial charge in [-0.2, -0.15) is 4.31 Å². The normalized spacial score (nSPS) is 19.8. The average Bonchev–Trinajstić information content (AvgIpc) is 3.47. The van der Waals surface area contributed by atoms with Crippen LogP contribution in [0.3, 0.4) is 0 Å². The lowest BCUT2D eigenvalue weighted by Crippen LogP contribution is -2.49. The largest absolute Gasteiger partial charge is 0.349 e. The Bertz CT molecular complexity index is 796. The summed E-state index contributed by atoms with van der Waals surface area (Å²) in [7, 11) is -3.68. The van der Waals surface area contributed by atoms with Crippen molar-refractivity contribution in [1.29, 1.82) is 0 Å². The van der Waals surface area contributed by atoms with Gasteiger partial charge in [0, 0.05) is 44.7 Å². The van der Waals surface area contributed by atoms with Crippen LogP contribution < -0.4 is 5.32 Å². The lowest BCUT2D eigenvalue weighted by Gasteiger charge is -2.33. The molecule has 1 saturated heterocycles. The number of nitrogens with one attached hydrogen (secondary N) is 1. The van der Waals surface area contributed by atoms with Gasteiger partial charge in [0.05, 0.1) is 4.90 Å². The summed E-state index contributed by atoms with van der Waals surface area (Å²) in [5.41, 5.74) is 0.348. The number of hydrogen-bond donors (Lipinski definition) is 1. The standard InChI is InChI=1S/C18H25N3O4S/c1-13(15-6-7-15)19-18(23)16-4-3-5-17(12-16)26(24,25)21-10-8-20(9-11-21)14(2)22/h3-5,12-13,15H,6-11H2,1-2H3,(H,19,23). The van der Waals surface area contributed by atoms with Gasteiger partial charge in [-0.15, -0.1) is 0 Å². The Kier molecular flexibility index (Phi) is 5.34. The van der Waals surface area contributed by atoms with E-state index in [1.807, 2.05) is 6.92 Å². The van der Waals surface area contributed by atoms with Gasteiger partial charge in [0.15, 0.2) is 0 Å². The molecule has 1 atom stereocenters. The number of piperazine rings is 1. The molecular weight excluding hydrogens is 354 g/mol. The summed E-state index contributed by atoms with van der Waals surface area (Å²) in [6.45, 7) is 4.74. The predicted octanol–water partition coefficient (Wildman–Crippen LogP) is 1.07. The lowest BCUT2D eigenvalue weighted by atomic mass is 10.1. The molecule has 8 heteroatoms. The molecule has 0 radical (unpaired) electrons. The molecule has 0 spiro atoms. The Labute approximate surface area is 154 Å². The molecule has 1 saturated carbocycles. The highest BCUT2D eigenvalue weighted by atomic mass is 32.2. The van der Waals surface area contributed by atoms with Crippen LogP contribution in [0.1, 0.15) is 37.0 Å². The second-order valence-corrected chi connectivity index (χ2v) is 8.98. The molecule has 2 aliphatic rings. The van der Waals surface area contributed by atoms with Crippen LogP contribution in [-0.4, -0.2) is 61.7 Å². The van der Waals surface area contributed by atoms with Crippen molar-refractivity contribution in [2.45, 2.75) is 37.6 Å². The van der Waals surface area contributed by atoms with Gasteiger partial charge in [-0.1, -0.05) is 6.07 Å². The average molecular weight is 379 g/mol. The maximum absolute atomic E-state index is 12.9. The van der Waals surface area contributed by atoms with Crippen molar-refractivity contribution in [2.24, 2.45) is 5.92 Å². The van der Waals surface area contributed by atoms with E-state index < -0.39 is 10.0 Å². The summed E-state index contributed by atoms with van der Waals surface area (Å²) in [6.07, 6.45) is 2.25. The summed E-state index contributed by atoms with van der Waals surface area (Å²) in [5, 5.41) is 2.94. The third kappa shape index (κ3) is 4.07. The smallest absolute Gasteiger partial charge is 0.251 e. The minimum absolute atomic E-state index is 0.0505. The highest BCUT2D eigenvalue weighted by Gasteiger charge is 2.31. The van der Waals surface area contributed by atoms with Gasteiger partial charge in [-0.25, -0.2) is 8.42 Å². The Hall–Kier alpha value is -1.93. The molecule has 0 bridgehead atoms. The zero-order chi connectivity index (χ0) is 18.9. The number of nitrogens with zero attached hydrogens (tertiary/aromatic N) is 2. The molecule has 1 heterocycles. The first-order chi connectivity index (χ1) is 12.3. The SMILES string of the molecule is CC(=O)N1CCN(S(=O)(=O)c2cccc(C(=O)NC(C)C3CC3)c2)CC1. The van der Waals surface area contributed by atoms with Gasteiger partial charge >= 0.3 is 0 Å². The van der Waals surface area contributed by atoms with Crippen LogP contribution in [0.25, 0.3) is 0 Å². The van der Waals surface area contributed by atoms with Crippen molar-refractivity contribution in [3.8, 4) is 0 Å². The Balaban J connectivity index is 1.72. The van der Waals surface area contributed by atoms with E-state index in [0.29, 0.717) is 24.6 Å². The fourth-order valence-electron chi connectivity index (χ4n) is 3.19. The van der Waals surface area contributed by atoms with Crippen molar-refractivity contribution in [3.05, 3.63) is 29.8 Å². The van der Waals surface area contributed by atoms with Crippen molar-refractivity contribution in [1.82, 2.24) is 14.5 Å². The van der Waals surface area contributed by atoms with Crippen LogP contribution in [-0.2, 0) is 14.8 Å². The maximum Gasteiger partial charge on any atom is 0.251 e. The molecular formula is C18H25N3O4S. The second-order valence-electron chi connectivity index (χ2n) is 7.04. The molecule has 3 rings (SSSR count). The summed E-state index contributed by atoms with van der Waals surface area (Å²) in [5.74, 6) is 0.233. The molecule has 2 fully saturated rings. The Morgan fingerprint density at radius 1 is 1.15 bits per heavy atom. The zero-order valence-corrected chi connectivity index (χ0v) is 16.0. The second kappa shape index (κ2) is 7.36. The van der Waals surface area contributed by atoms with Gasteiger partial charge < -0.3 is 10.2 Å². The maximum atomic E-state index is 12.9. The molecule has 1 unspecified atom stereocenters. The summed E-state index contributed by atoms with van der Waals surface area (Å²) < 4.78 is 27.1. The quantitative estimate of drug-likeness (QED) is 0.829. The molecule has 142 valence electrons. The van der Waals surface area contributed by atoms with Gasteiger partial charge in [-0.05, 0) is 43.9 Å². The fraction of sp³-hybridized carbons (Fsp3) is 0.556. The van der Waals surface area contributed by atoms with E-state index >= 15 is 0 Å². The summed E-state index contributed by atoms with van der Waals surface area (Å²) in [6, 6.07) is 6.26. The molecule has 7 nitrogen and oxygen atoms in total. The van der Waals surface area contributed by atoms with Crippen LogP contribution in [0.5, 0.6) is 0 Å². The molecule has 26 heavy (non-hydrogen) atoms. The predicted molar refractivity (Wildman–Crippen MR) is 97.1 cm³/mol. The van der Waals surface area contributed by atoms with E-state index in [4.69, 9.17) is 0 Å². The summed E-state index contributed by atoms with van der Waals surface area (Å²) in [4.78, 5) is 25.5. The molecule has 1 aliphatic heterocycles. The molecule has 2 amide bonds. The number of carbonyl (C=O) groups excluding carboxylic acids is 2. The van der Waals surface area contributed by atoms with Gasteiger partial charge in [0.25, 0.3) is 5.91 Å². The van der Waals surface area contributed by atoms with E-state index in [2.05, 4.69) is 5.32 Å². The summed E-state index contributed by atoms with van der Waals surface area (Å²) >= 11 is 0. The van der Waals surface area contributed by atoms with Gasteiger partial charge in [0.1, 0.15) is 0 Å². The molecule has 0 aromatic heterocycles. The van der Waals surface area contributed by atoms with Crippen LogP contribution >= 0.6 is 0 Å². The molecule has 1 N–H and O–H groups in total. The number of sulfonamides is 1. The third-order valence-corrected chi connectivity index (χ3v) is 7.00. The Morgan fingerprint density at radius 3 is 2.38 bits per heavy atom. The Morgan fingerprint density at radius 2 is 1.81 bits per heavy atom. The van der Waals surface area contributed by atoms with Gasteiger partial charge in [-0.3, -0.25) is 9.59 Å². The van der Waals surface area contributed by atoms with Crippen LogP contribution in [0, 0.1) is 5.92 Å². The molecule has 1 aromatic rings. The van der Waals surface area contributed by atoms with Crippen LogP contribution in [0.15, 0.2) is 29.2 Å². The first-order valence-electron chi connectivity index (χ1n) is 8.95. The number of benzene rings is 1. The van der Waals surface area contributed by atoms with Crippen LogP contribution in [0.4, 0.5) is 0 Å². The number of carbonyl (C=O) groups is 2.